The zero-order chi connectivity index (χ0) is 18.7. The van der Waals surface area contributed by atoms with Crippen molar-refractivity contribution in [3.63, 3.8) is 0 Å². The highest BCUT2D eigenvalue weighted by atomic mass is 35.5. The van der Waals surface area contributed by atoms with E-state index in [1.54, 1.807) is 0 Å². The molecule has 1 heterocycles. The Balaban J connectivity index is 0.00000210. The molecule has 2 N–H and O–H groups in total. The van der Waals surface area contributed by atoms with Crippen molar-refractivity contribution < 1.29 is 10.2 Å². The van der Waals surface area contributed by atoms with Crippen LogP contribution in [0.5, 0.6) is 5.75 Å². The molecule has 0 amide bonds. The van der Waals surface area contributed by atoms with Crippen LogP contribution in [-0.4, -0.2) is 39.8 Å². The molecule has 0 spiro atoms. The minimum absolute atomic E-state index is 0. The van der Waals surface area contributed by atoms with Gasteiger partial charge in [-0.25, -0.2) is 0 Å². The van der Waals surface area contributed by atoms with Crippen molar-refractivity contribution in [3.8, 4) is 5.75 Å². The average molecular weight is 394 g/mol. The van der Waals surface area contributed by atoms with Crippen LogP contribution in [0.1, 0.15) is 70.9 Å². The SMILES string of the molecule is CC(C)(O)CC[C@]1(C)[C@H]2Cc3ccc(O)cc3[C@@]1(C)CCN2CC1CC1.Cl. The van der Waals surface area contributed by atoms with Crippen molar-refractivity contribution in [1.29, 1.82) is 0 Å². The standard InChI is InChI=1S/C23H35NO2.ClH/c1-21(2,26)9-10-23(4)20-13-17-7-8-18(25)14-19(17)22(23,3)11-12-24(20)15-16-5-6-16;/h7-8,14,16,20,25-26H,5-6,9-13,15H2,1-4H3;1H/t20-,22-,23-;/m1./s1. The number of aliphatic hydroxyl groups is 1. The van der Waals surface area contributed by atoms with Crippen molar-refractivity contribution in [2.24, 2.45) is 11.3 Å². The Kier molecular flexibility index (Phi) is 5.38. The number of nitrogens with zero attached hydrogens (tertiary/aromatic N) is 1. The summed E-state index contributed by atoms with van der Waals surface area (Å²) in [6.45, 7) is 11.1. The summed E-state index contributed by atoms with van der Waals surface area (Å²) >= 11 is 0. The lowest BCUT2D eigenvalue weighted by atomic mass is 9.48. The lowest BCUT2D eigenvalue weighted by Crippen LogP contribution is -2.65. The van der Waals surface area contributed by atoms with Crippen LogP contribution in [0, 0.1) is 11.3 Å². The highest BCUT2D eigenvalue weighted by Gasteiger charge is 2.58. The second-order valence-electron chi connectivity index (χ2n) is 10.3. The first-order chi connectivity index (χ1) is 12.1. The smallest absolute Gasteiger partial charge is 0.115 e. The Labute approximate surface area is 170 Å². The predicted molar refractivity (Wildman–Crippen MR) is 113 cm³/mol. The number of rotatable bonds is 5. The van der Waals surface area contributed by atoms with E-state index in [1.807, 2.05) is 26.0 Å². The molecule has 3 nitrogen and oxygen atoms in total. The van der Waals surface area contributed by atoms with Crippen LogP contribution in [0.2, 0.25) is 0 Å². The summed E-state index contributed by atoms with van der Waals surface area (Å²) in [4.78, 5) is 2.76. The molecule has 1 aromatic carbocycles. The van der Waals surface area contributed by atoms with E-state index in [9.17, 15) is 10.2 Å². The molecular formula is C23H36ClNO2. The topological polar surface area (TPSA) is 43.7 Å². The quantitative estimate of drug-likeness (QED) is 0.763. The Morgan fingerprint density at radius 2 is 1.93 bits per heavy atom. The van der Waals surface area contributed by atoms with Crippen LogP contribution >= 0.6 is 12.4 Å². The molecule has 152 valence electrons. The molecule has 4 rings (SSSR count). The third-order valence-electron chi connectivity index (χ3n) is 7.88. The maximum absolute atomic E-state index is 10.4. The van der Waals surface area contributed by atoms with Crippen LogP contribution in [0.3, 0.4) is 0 Å². The van der Waals surface area contributed by atoms with E-state index >= 15 is 0 Å². The van der Waals surface area contributed by atoms with Gasteiger partial charge < -0.3 is 10.2 Å². The average Bonchev–Trinajstić information content (AvgIpc) is 3.36. The summed E-state index contributed by atoms with van der Waals surface area (Å²) in [7, 11) is 0. The maximum Gasteiger partial charge on any atom is 0.115 e. The number of likely N-dealkylation sites (tertiary alicyclic amines) is 1. The summed E-state index contributed by atoms with van der Waals surface area (Å²) in [5, 5.41) is 20.6. The summed E-state index contributed by atoms with van der Waals surface area (Å²) in [6.07, 6.45) is 6.83. The van der Waals surface area contributed by atoms with Gasteiger partial charge in [-0.1, -0.05) is 19.9 Å². The number of hydrogen-bond donors (Lipinski definition) is 2. The van der Waals surface area contributed by atoms with Crippen molar-refractivity contribution >= 4 is 12.4 Å². The van der Waals surface area contributed by atoms with Gasteiger partial charge >= 0.3 is 0 Å². The van der Waals surface area contributed by atoms with Gasteiger partial charge in [0, 0.05) is 18.0 Å². The van der Waals surface area contributed by atoms with Gasteiger partial charge in [-0.2, -0.15) is 0 Å². The Morgan fingerprint density at radius 1 is 1.22 bits per heavy atom. The first-order valence-electron chi connectivity index (χ1n) is 10.4. The van der Waals surface area contributed by atoms with Gasteiger partial charge in [0.25, 0.3) is 0 Å². The number of fused-ring (bicyclic) bond motifs is 4. The van der Waals surface area contributed by atoms with Crippen LogP contribution in [0.15, 0.2) is 18.2 Å². The monoisotopic (exact) mass is 393 g/mol. The zero-order valence-corrected chi connectivity index (χ0v) is 18.1. The molecule has 0 radical (unpaired) electrons. The minimum atomic E-state index is -0.631. The van der Waals surface area contributed by atoms with E-state index in [-0.39, 0.29) is 23.2 Å². The normalized spacial score (nSPS) is 33.3. The summed E-state index contributed by atoms with van der Waals surface area (Å²) < 4.78 is 0. The van der Waals surface area contributed by atoms with Crippen LogP contribution in [0.25, 0.3) is 0 Å². The fourth-order valence-corrected chi connectivity index (χ4v) is 5.70. The maximum atomic E-state index is 10.4. The molecule has 1 saturated heterocycles. The molecule has 0 unspecified atom stereocenters. The largest absolute Gasteiger partial charge is 0.508 e. The van der Waals surface area contributed by atoms with Gasteiger partial charge in [0.1, 0.15) is 5.75 Å². The fraction of sp³-hybridized carbons (Fsp3) is 0.739. The molecule has 2 fully saturated rings. The molecule has 1 aliphatic heterocycles. The summed E-state index contributed by atoms with van der Waals surface area (Å²) in [5.74, 6) is 1.28. The van der Waals surface area contributed by atoms with Crippen LogP contribution < -0.4 is 0 Å². The van der Waals surface area contributed by atoms with E-state index in [2.05, 4.69) is 24.8 Å². The van der Waals surface area contributed by atoms with E-state index in [0.29, 0.717) is 11.8 Å². The number of benzene rings is 1. The Morgan fingerprint density at radius 3 is 2.56 bits per heavy atom. The highest BCUT2D eigenvalue weighted by Crippen LogP contribution is 2.59. The molecule has 3 atom stereocenters. The van der Waals surface area contributed by atoms with Crippen LogP contribution in [-0.2, 0) is 11.8 Å². The first-order valence-corrected chi connectivity index (χ1v) is 10.4. The van der Waals surface area contributed by atoms with Crippen molar-refractivity contribution in [1.82, 2.24) is 4.90 Å². The van der Waals surface area contributed by atoms with Gasteiger partial charge in [-0.15, -0.1) is 12.4 Å². The van der Waals surface area contributed by atoms with Gasteiger partial charge in [-0.3, -0.25) is 4.90 Å². The third-order valence-corrected chi connectivity index (χ3v) is 7.88. The first kappa shape index (κ1) is 21.0. The van der Waals surface area contributed by atoms with Crippen molar-refractivity contribution in [2.45, 2.75) is 83.3 Å². The number of piperidine rings is 1. The Hall–Kier alpha value is -0.770. The molecule has 0 aromatic heterocycles. The molecular weight excluding hydrogens is 358 g/mol. The summed E-state index contributed by atoms with van der Waals surface area (Å²) in [5.41, 5.74) is 2.29. The highest BCUT2D eigenvalue weighted by molar-refractivity contribution is 5.85. The number of phenols is 1. The predicted octanol–water partition coefficient (Wildman–Crippen LogP) is 4.67. The van der Waals surface area contributed by atoms with Gasteiger partial charge in [0.2, 0.25) is 0 Å². The van der Waals surface area contributed by atoms with E-state index in [1.165, 1.54) is 30.5 Å². The minimum Gasteiger partial charge on any atom is -0.508 e. The number of aromatic hydroxyl groups is 1. The molecule has 1 saturated carbocycles. The molecule has 27 heavy (non-hydrogen) atoms. The molecule has 1 aromatic rings. The molecule has 4 heteroatoms. The van der Waals surface area contributed by atoms with Crippen molar-refractivity contribution in [2.75, 3.05) is 13.1 Å². The van der Waals surface area contributed by atoms with Gasteiger partial charge in [-0.05, 0) is 93.5 Å². The van der Waals surface area contributed by atoms with E-state index in [0.717, 1.165) is 38.1 Å². The molecule has 3 aliphatic rings. The Bertz CT molecular complexity index is 696. The number of halogens is 1. The van der Waals surface area contributed by atoms with Gasteiger partial charge in [0.15, 0.2) is 0 Å². The second kappa shape index (κ2) is 6.93. The lowest BCUT2D eigenvalue weighted by Gasteiger charge is -2.63. The number of hydrogen-bond acceptors (Lipinski definition) is 3. The molecule has 2 aliphatic carbocycles. The van der Waals surface area contributed by atoms with Crippen LogP contribution in [0.4, 0.5) is 0 Å². The second-order valence-corrected chi connectivity index (χ2v) is 10.3. The third kappa shape index (κ3) is 3.63. The zero-order valence-electron chi connectivity index (χ0n) is 17.3. The van der Waals surface area contributed by atoms with Gasteiger partial charge in [0.05, 0.1) is 5.60 Å². The fourth-order valence-electron chi connectivity index (χ4n) is 5.70. The molecule has 2 bridgehead atoms. The lowest BCUT2D eigenvalue weighted by molar-refractivity contribution is -0.0698. The summed E-state index contributed by atoms with van der Waals surface area (Å²) in [6, 6.07) is 6.54. The van der Waals surface area contributed by atoms with E-state index < -0.39 is 5.60 Å². The van der Waals surface area contributed by atoms with E-state index in [4.69, 9.17) is 0 Å². The van der Waals surface area contributed by atoms with Crippen molar-refractivity contribution in [3.05, 3.63) is 29.3 Å². The number of phenolic OH excluding ortho intramolecular Hbond substituents is 1.